The third-order valence-electron chi connectivity index (χ3n) is 6.32. The molecular weight excluding hydrogens is 456 g/mol. The number of nitrogens with zero attached hydrogens (tertiary/aromatic N) is 1. The number of hydrogen-bond donors (Lipinski definition) is 1. The van der Waals surface area contributed by atoms with Crippen LogP contribution in [0, 0.1) is 33.6 Å². The van der Waals surface area contributed by atoms with Gasteiger partial charge in [-0.3, -0.25) is 14.4 Å². The zero-order chi connectivity index (χ0) is 25.8. The van der Waals surface area contributed by atoms with E-state index >= 15 is 0 Å². The lowest BCUT2D eigenvalue weighted by molar-refractivity contribution is -0.151. The van der Waals surface area contributed by atoms with Gasteiger partial charge in [-0.25, -0.2) is 0 Å². The van der Waals surface area contributed by atoms with Gasteiger partial charge in [0, 0.05) is 24.3 Å². The van der Waals surface area contributed by atoms with E-state index in [-0.39, 0.29) is 18.9 Å². The van der Waals surface area contributed by atoms with Crippen LogP contribution in [-0.2, 0) is 19.1 Å². The quantitative estimate of drug-likeness (QED) is 0.461. The summed E-state index contributed by atoms with van der Waals surface area (Å²) in [6.45, 7) is 7.75. The Morgan fingerprint density at radius 2 is 1.61 bits per heavy atom. The van der Waals surface area contributed by atoms with Crippen LogP contribution in [0.3, 0.4) is 0 Å². The first kappa shape index (κ1) is 25.0. The van der Waals surface area contributed by atoms with Crippen molar-refractivity contribution in [3.05, 3.63) is 82.9 Å². The molecule has 1 fully saturated rings. The van der Waals surface area contributed by atoms with Gasteiger partial charge < -0.3 is 19.7 Å². The smallest absolute Gasteiger partial charge is 0.311 e. The summed E-state index contributed by atoms with van der Waals surface area (Å²) >= 11 is 0. The maximum atomic E-state index is 12.6. The van der Waals surface area contributed by atoms with Crippen LogP contribution in [0.2, 0.25) is 0 Å². The Kier molecular flexibility index (Phi) is 7.38. The van der Waals surface area contributed by atoms with E-state index in [0.717, 1.165) is 22.4 Å². The SMILES string of the molecule is Cc1ccc(NC(=O)COC(=O)[C@H]2CC(=O)N(c3ccc(Oc4ccc(C)c(C)c4)cc3)C2)c(C)c1. The van der Waals surface area contributed by atoms with E-state index in [1.54, 1.807) is 29.2 Å². The van der Waals surface area contributed by atoms with Crippen molar-refractivity contribution in [3.63, 3.8) is 0 Å². The molecule has 0 aliphatic carbocycles. The summed E-state index contributed by atoms with van der Waals surface area (Å²) in [6, 6.07) is 18.7. The largest absolute Gasteiger partial charge is 0.457 e. The lowest BCUT2D eigenvalue weighted by Crippen LogP contribution is -2.28. The number of rotatable bonds is 7. The number of carbonyl (C=O) groups excluding carboxylic acids is 3. The van der Waals surface area contributed by atoms with Gasteiger partial charge in [0.15, 0.2) is 6.61 Å². The number of amides is 2. The number of anilines is 2. The standard InChI is InChI=1S/C29H30N2O5/c1-18-5-12-26(21(4)13-18)30-27(32)17-35-29(34)22-15-28(33)31(16-22)23-7-10-24(11-8-23)36-25-9-6-19(2)20(3)14-25/h5-14,22H,15-17H2,1-4H3,(H,30,32)/t22-/m0/s1. The molecule has 1 aliphatic heterocycles. The summed E-state index contributed by atoms with van der Waals surface area (Å²) in [6.07, 6.45) is 0.0401. The molecule has 1 saturated heterocycles. The van der Waals surface area contributed by atoms with E-state index in [9.17, 15) is 14.4 Å². The van der Waals surface area contributed by atoms with Crippen molar-refractivity contribution in [2.24, 2.45) is 5.92 Å². The summed E-state index contributed by atoms with van der Waals surface area (Å²) in [4.78, 5) is 38.9. The highest BCUT2D eigenvalue weighted by Crippen LogP contribution is 2.30. The van der Waals surface area contributed by atoms with Gasteiger partial charge in [0.2, 0.25) is 5.91 Å². The fraction of sp³-hybridized carbons (Fsp3) is 0.276. The topological polar surface area (TPSA) is 84.9 Å². The molecule has 1 atom stereocenters. The highest BCUT2D eigenvalue weighted by Gasteiger charge is 2.36. The van der Waals surface area contributed by atoms with Gasteiger partial charge in [-0.1, -0.05) is 23.8 Å². The minimum Gasteiger partial charge on any atom is -0.457 e. The Hall–Kier alpha value is -4.13. The van der Waals surface area contributed by atoms with Crippen LogP contribution in [0.25, 0.3) is 0 Å². The number of aryl methyl sites for hydroxylation is 4. The van der Waals surface area contributed by atoms with Crippen LogP contribution in [0.5, 0.6) is 11.5 Å². The van der Waals surface area contributed by atoms with E-state index in [0.29, 0.717) is 17.1 Å². The number of ether oxygens (including phenoxy) is 2. The molecule has 36 heavy (non-hydrogen) atoms. The van der Waals surface area contributed by atoms with E-state index in [4.69, 9.17) is 9.47 Å². The van der Waals surface area contributed by atoms with Crippen molar-refractivity contribution < 1.29 is 23.9 Å². The number of hydrogen-bond acceptors (Lipinski definition) is 5. The molecule has 7 nitrogen and oxygen atoms in total. The van der Waals surface area contributed by atoms with Crippen LogP contribution in [-0.4, -0.2) is 30.9 Å². The fourth-order valence-electron chi connectivity index (χ4n) is 4.12. The van der Waals surface area contributed by atoms with Crippen molar-refractivity contribution in [2.45, 2.75) is 34.1 Å². The zero-order valence-electron chi connectivity index (χ0n) is 21.0. The Balaban J connectivity index is 1.30. The van der Waals surface area contributed by atoms with Crippen LogP contribution in [0.4, 0.5) is 11.4 Å². The Morgan fingerprint density at radius 1 is 0.889 bits per heavy atom. The van der Waals surface area contributed by atoms with Gasteiger partial charge in [0.05, 0.1) is 5.92 Å². The second-order valence-corrected chi connectivity index (χ2v) is 9.22. The summed E-state index contributed by atoms with van der Waals surface area (Å²) < 4.78 is 11.1. The summed E-state index contributed by atoms with van der Waals surface area (Å²) in [5, 5.41) is 2.75. The van der Waals surface area contributed by atoms with E-state index in [2.05, 4.69) is 5.32 Å². The molecule has 0 radical (unpaired) electrons. The molecule has 0 spiro atoms. The average molecular weight is 487 g/mol. The normalized spacial score (nSPS) is 15.1. The van der Waals surface area contributed by atoms with Gasteiger partial charge in [0.1, 0.15) is 11.5 Å². The molecule has 186 valence electrons. The van der Waals surface area contributed by atoms with Gasteiger partial charge in [-0.05, 0) is 86.8 Å². The van der Waals surface area contributed by atoms with Crippen LogP contribution in [0.15, 0.2) is 60.7 Å². The molecule has 0 unspecified atom stereocenters. The lowest BCUT2D eigenvalue weighted by atomic mass is 10.1. The average Bonchev–Trinajstić information content (AvgIpc) is 3.24. The molecule has 0 bridgehead atoms. The molecule has 0 aromatic heterocycles. The highest BCUT2D eigenvalue weighted by molar-refractivity contribution is 6.00. The molecule has 7 heteroatoms. The maximum absolute atomic E-state index is 12.6. The van der Waals surface area contributed by atoms with Crippen LogP contribution < -0.4 is 15.0 Å². The minimum absolute atomic E-state index is 0.0401. The lowest BCUT2D eigenvalue weighted by Gasteiger charge is -2.17. The van der Waals surface area contributed by atoms with E-state index in [1.165, 1.54) is 5.56 Å². The highest BCUT2D eigenvalue weighted by atomic mass is 16.5. The molecule has 1 aliphatic rings. The monoisotopic (exact) mass is 486 g/mol. The number of carbonyl (C=O) groups is 3. The summed E-state index contributed by atoms with van der Waals surface area (Å²) in [5.74, 6) is -0.378. The maximum Gasteiger partial charge on any atom is 0.311 e. The van der Waals surface area contributed by atoms with Gasteiger partial charge in [-0.15, -0.1) is 0 Å². The van der Waals surface area contributed by atoms with Gasteiger partial charge in [0.25, 0.3) is 5.91 Å². The summed E-state index contributed by atoms with van der Waals surface area (Å²) in [5.41, 5.74) is 5.71. The molecule has 0 saturated carbocycles. The summed E-state index contributed by atoms with van der Waals surface area (Å²) in [7, 11) is 0. The Labute approximate surface area is 211 Å². The third-order valence-corrected chi connectivity index (χ3v) is 6.32. The first-order chi connectivity index (χ1) is 17.2. The van der Waals surface area contributed by atoms with Crippen LogP contribution >= 0.6 is 0 Å². The zero-order valence-corrected chi connectivity index (χ0v) is 21.0. The van der Waals surface area contributed by atoms with E-state index < -0.39 is 24.4 Å². The van der Waals surface area contributed by atoms with Gasteiger partial charge >= 0.3 is 5.97 Å². The Morgan fingerprint density at radius 3 is 2.31 bits per heavy atom. The second kappa shape index (κ2) is 10.6. The van der Waals surface area contributed by atoms with Crippen molar-refractivity contribution >= 4 is 29.2 Å². The van der Waals surface area contributed by atoms with Crippen molar-refractivity contribution in [1.29, 1.82) is 0 Å². The predicted molar refractivity (Wildman–Crippen MR) is 138 cm³/mol. The second-order valence-electron chi connectivity index (χ2n) is 9.22. The molecule has 1 heterocycles. The van der Waals surface area contributed by atoms with Crippen molar-refractivity contribution in [2.75, 3.05) is 23.4 Å². The number of nitrogens with one attached hydrogen (secondary N) is 1. The minimum atomic E-state index is -0.627. The number of esters is 1. The van der Waals surface area contributed by atoms with Crippen molar-refractivity contribution in [3.8, 4) is 11.5 Å². The predicted octanol–water partition coefficient (Wildman–Crippen LogP) is 5.25. The van der Waals surface area contributed by atoms with E-state index in [1.807, 2.05) is 64.1 Å². The fourth-order valence-corrected chi connectivity index (χ4v) is 4.12. The molecule has 2 amide bonds. The van der Waals surface area contributed by atoms with Gasteiger partial charge in [-0.2, -0.15) is 0 Å². The Bertz CT molecular complexity index is 1300. The molecule has 4 rings (SSSR count). The van der Waals surface area contributed by atoms with Crippen LogP contribution in [0.1, 0.15) is 28.7 Å². The number of benzene rings is 3. The third kappa shape index (κ3) is 5.92. The van der Waals surface area contributed by atoms with Crippen molar-refractivity contribution in [1.82, 2.24) is 0 Å². The molecule has 3 aromatic rings. The molecular formula is C29H30N2O5. The molecule has 3 aromatic carbocycles. The molecule has 1 N–H and O–H groups in total. The first-order valence-electron chi connectivity index (χ1n) is 11.9. The first-order valence-corrected chi connectivity index (χ1v) is 11.9.